The summed E-state index contributed by atoms with van der Waals surface area (Å²) in [5.41, 5.74) is 4.07. The number of allylic oxidation sites excluding steroid dienone is 2. The van der Waals surface area contributed by atoms with Gasteiger partial charge >= 0.3 is 0 Å². The molecule has 0 fully saturated rings. The molecule has 0 aliphatic heterocycles. The average Bonchev–Trinajstić information content (AvgIpc) is 3.01. The molecule has 0 radical (unpaired) electrons. The zero-order valence-corrected chi connectivity index (χ0v) is 16.3. The van der Waals surface area contributed by atoms with Gasteiger partial charge in [0.1, 0.15) is 0 Å². The van der Waals surface area contributed by atoms with Gasteiger partial charge in [0.2, 0.25) is 10.0 Å². The molecule has 0 heterocycles. The van der Waals surface area contributed by atoms with Gasteiger partial charge in [0.15, 0.2) is 5.78 Å². The second kappa shape index (κ2) is 7.62. The molecule has 5 heteroatoms. The summed E-state index contributed by atoms with van der Waals surface area (Å²) in [6.07, 6.45) is 2.62. The first-order valence-corrected chi connectivity index (χ1v) is 10.3. The molecule has 0 amide bonds. The SMILES string of the molecule is C=CC1=C(C(NS(=O)(=O)c2ccc(C)cc2)c2ccc(C)cc2)C(=O)CC1. The molecule has 0 saturated carbocycles. The molecule has 2 aromatic carbocycles. The molecule has 1 atom stereocenters. The highest BCUT2D eigenvalue weighted by molar-refractivity contribution is 7.89. The van der Waals surface area contributed by atoms with Gasteiger partial charge in [-0.15, -0.1) is 0 Å². The van der Waals surface area contributed by atoms with Crippen molar-refractivity contribution >= 4 is 15.8 Å². The van der Waals surface area contributed by atoms with Crippen LogP contribution in [-0.4, -0.2) is 14.2 Å². The molecule has 1 N–H and O–H groups in total. The van der Waals surface area contributed by atoms with Crippen molar-refractivity contribution < 1.29 is 13.2 Å². The highest BCUT2D eigenvalue weighted by Gasteiger charge is 2.32. The van der Waals surface area contributed by atoms with Gasteiger partial charge in [-0.3, -0.25) is 4.79 Å². The summed E-state index contributed by atoms with van der Waals surface area (Å²) < 4.78 is 28.7. The Bertz CT molecular complexity index is 1000. The number of Topliss-reactive ketones (excluding diaryl/α,β-unsaturated/α-hetero) is 1. The lowest BCUT2D eigenvalue weighted by Crippen LogP contribution is -2.31. The topological polar surface area (TPSA) is 63.2 Å². The van der Waals surface area contributed by atoms with Crippen molar-refractivity contribution in [3.8, 4) is 0 Å². The average molecular weight is 381 g/mol. The zero-order chi connectivity index (χ0) is 19.6. The van der Waals surface area contributed by atoms with E-state index in [0.29, 0.717) is 18.4 Å². The standard InChI is InChI=1S/C22H23NO3S/c1-4-17-11-14-20(24)21(17)22(18-9-5-15(2)6-10-18)23-27(25,26)19-12-7-16(3)8-13-19/h4-10,12-13,22-23H,1,11,14H2,2-3H3. The lowest BCUT2D eigenvalue weighted by molar-refractivity contribution is -0.115. The van der Waals surface area contributed by atoms with Gasteiger partial charge in [-0.25, -0.2) is 8.42 Å². The van der Waals surface area contributed by atoms with Crippen LogP contribution in [-0.2, 0) is 14.8 Å². The molecule has 27 heavy (non-hydrogen) atoms. The Labute approximate surface area is 160 Å². The highest BCUT2D eigenvalue weighted by atomic mass is 32.2. The monoisotopic (exact) mass is 381 g/mol. The third kappa shape index (κ3) is 4.10. The highest BCUT2D eigenvalue weighted by Crippen LogP contribution is 2.35. The van der Waals surface area contributed by atoms with Crippen LogP contribution in [0.4, 0.5) is 0 Å². The number of sulfonamides is 1. The summed E-state index contributed by atoms with van der Waals surface area (Å²) in [5.74, 6) is -0.0397. The van der Waals surface area contributed by atoms with Crippen molar-refractivity contribution in [1.82, 2.24) is 4.72 Å². The molecule has 140 valence electrons. The fraction of sp³-hybridized carbons (Fsp3) is 0.227. The molecule has 0 bridgehead atoms. The maximum atomic E-state index is 13.0. The van der Waals surface area contributed by atoms with Crippen LogP contribution in [0, 0.1) is 13.8 Å². The Morgan fingerprint density at radius 2 is 1.52 bits per heavy atom. The maximum Gasteiger partial charge on any atom is 0.241 e. The summed E-state index contributed by atoms with van der Waals surface area (Å²) in [5, 5.41) is 0. The molecule has 1 unspecified atom stereocenters. The number of aryl methyl sites for hydroxylation is 2. The fourth-order valence-corrected chi connectivity index (χ4v) is 4.44. The molecule has 0 aromatic heterocycles. The van der Waals surface area contributed by atoms with Gasteiger partial charge in [0.25, 0.3) is 0 Å². The van der Waals surface area contributed by atoms with Crippen LogP contribution in [0.1, 0.15) is 35.6 Å². The summed E-state index contributed by atoms with van der Waals surface area (Å²) in [6.45, 7) is 7.66. The van der Waals surface area contributed by atoms with E-state index in [0.717, 1.165) is 22.3 Å². The minimum absolute atomic E-state index is 0.0397. The van der Waals surface area contributed by atoms with Crippen molar-refractivity contribution in [2.45, 2.75) is 37.6 Å². The smallest absolute Gasteiger partial charge is 0.241 e. The number of ketones is 1. The number of hydrogen-bond donors (Lipinski definition) is 1. The fourth-order valence-electron chi connectivity index (χ4n) is 3.25. The van der Waals surface area contributed by atoms with E-state index in [-0.39, 0.29) is 10.7 Å². The van der Waals surface area contributed by atoms with Gasteiger partial charge in [-0.1, -0.05) is 60.2 Å². The van der Waals surface area contributed by atoms with Gasteiger partial charge in [-0.05, 0) is 43.5 Å². The Morgan fingerprint density at radius 1 is 0.963 bits per heavy atom. The minimum atomic E-state index is -3.80. The van der Waals surface area contributed by atoms with E-state index in [1.807, 2.05) is 38.1 Å². The van der Waals surface area contributed by atoms with Crippen LogP contribution in [0.3, 0.4) is 0 Å². The first-order chi connectivity index (χ1) is 12.8. The second-order valence-electron chi connectivity index (χ2n) is 6.84. The van der Waals surface area contributed by atoms with Crippen molar-refractivity contribution in [3.05, 3.63) is 89.0 Å². The summed E-state index contributed by atoms with van der Waals surface area (Å²) in [6, 6.07) is 13.5. The van der Waals surface area contributed by atoms with Crippen LogP contribution in [0.25, 0.3) is 0 Å². The Morgan fingerprint density at radius 3 is 2.07 bits per heavy atom. The van der Waals surface area contributed by atoms with Crippen molar-refractivity contribution in [2.24, 2.45) is 0 Å². The molecule has 4 nitrogen and oxygen atoms in total. The van der Waals surface area contributed by atoms with Crippen LogP contribution >= 0.6 is 0 Å². The van der Waals surface area contributed by atoms with Gasteiger partial charge in [0.05, 0.1) is 10.9 Å². The van der Waals surface area contributed by atoms with E-state index < -0.39 is 16.1 Å². The summed E-state index contributed by atoms with van der Waals surface area (Å²) in [4.78, 5) is 12.7. The molecule has 2 aromatic rings. The lowest BCUT2D eigenvalue weighted by atomic mass is 9.95. The largest absolute Gasteiger partial charge is 0.294 e. The van der Waals surface area contributed by atoms with Gasteiger partial charge < -0.3 is 0 Å². The Hall–Kier alpha value is -2.50. The van der Waals surface area contributed by atoms with Gasteiger partial charge in [0, 0.05) is 12.0 Å². The predicted octanol–water partition coefficient (Wildman–Crippen LogP) is 4.17. The maximum absolute atomic E-state index is 13.0. The van der Waals surface area contributed by atoms with E-state index in [4.69, 9.17) is 0 Å². The molecule has 0 spiro atoms. The van der Waals surface area contributed by atoms with Gasteiger partial charge in [-0.2, -0.15) is 4.72 Å². The first-order valence-electron chi connectivity index (χ1n) is 8.86. The molecule has 1 aliphatic carbocycles. The molecule has 1 aliphatic rings. The second-order valence-corrected chi connectivity index (χ2v) is 8.56. The minimum Gasteiger partial charge on any atom is -0.294 e. The van der Waals surface area contributed by atoms with Crippen LogP contribution in [0.15, 0.2) is 77.2 Å². The van der Waals surface area contributed by atoms with E-state index in [1.165, 1.54) is 0 Å². The van der Waals surface area contributed by atoms with E-state index in [9.17, 15) is 13.2 Å². The van der Waals surface area contributed by atoms with Crippen molar-refractivity contribution in [3.63, 3.8) is 0 Å². The summed E-state index contributed by atoms with van der Waals surface area (Å²) >= 11 is 0. The quantitative estimate of drug-likeness (QED) is 0.817. The third-order valence-corrected chi connectivity index (χ3v) is 6.26. The lowest BCUT2D eigenvalue weighted by Gasteiger charge is -2.21. The normalized spacial score (nSPS) is 15.9. The third-order valence-electron chi connectivity index (χ3n) is 4.82. The number of carbonyl (C=O) groups is 1. The zero-order valence-electron chi connectivity index (χ0n) is 15.5. The van der Waals surface area contributed by atoms with E-state index >= 15 is 0 Å². The number of carbonyl (C=O) groups excluding carboxylic acids is 1. The molecular formula is C22H23NO3S. The molecule has 0 saturated heterocycles. The molecular weight excluding hydrogens is 358 g/mol. The van der Waals surface area contributed by atoms with Crippen LogP contribution < -0.4 is 4.72 Å². The number of rotatable bonds is 6. The Kier molecular flexibility index (Phi) is 5.44. The van der Waals surface area contributed by atoms with Crippen LogP contribution in [0.5, 0.6) is 0 Å². The number of hydrogen-bond acceptors (Lipinski definition) is 3. The predicted molar refractivity (Wildman–Crippen MR) is 107 cm³/mol. The van der Waals surface area contributed by atoms with Crippen molar-refractivity contribution in [2.75, 3.05) is 0 Å². The number of benzene rings is 2. The Balaban J connectivity index is 2.07. The summed E-state index contributed by atoms with van der Waals surface area (Å²) in [7, 11) is -3.80. The van der Waals surface area contributed by atoms with E-state index in [2.05, 4.69) is 11.3 Å². The molecule has 3 rings (SSSR count). The first kappa shape index (κ1) is 19.3. The van der Waals surface area contributed by atoms with Crippen LogP contribution in [0.2, 0.25) is 0 Å². The van der Waals surface area contributed by atoms with E-state index in [1.54, 1.807) is 30.3 Å². The van der Waals surface area contributed by atoms with Crippen molar-refractivity contribution in [1.29, 1.82) is 0 Å². The number of nitrogens with one attached hydrogen (secondary N) is 1.